The third kappa shape index (κ3) is 3.83. The average Bonchev–Trinajstić information content (AvgIpc) is 2.55. The molecule has 0 radical (unpaired) electrons. The van der Waals surface area contributed by atoms with E-state index in [0.29, 0.717) is 29.7 Å². The second kappa shape index (κ2) is 8.24. The monoisotopic (exact) mass is 392 g/mol. The standard InChI is InChI=1S/C17H22Cl2N2O2.ClH/c1-23-11-17(3-5-20-6-4-17)16(22)21-7-2-12-8-13(18)9-15(19)14(12)10-21;/h8-9,20H,2-7,10-11H2,1H3;1H. The maximum absolute atomic E-state index is 13.2. The van der Waals surface area contributed by atoms with Gasteiger partial charge in [0.05, 0.1) is 12.0 Å². The minimum atomic E-state index is -0.406. The van der Waals surface area contributed by atoms with Gasteiger partial charge in [-0.05, 0) is 55.6 Å². The number of rotatable bonds is 3. The number of amides is 1. The van der Waals surface area contributed by atoms with Gasteiger partial charge in [0, 0.05) is 30.2 Å². The van der Waals surface area contributed by atoms with Crippen molar-refractivity contribution in [1.29, 1.82) is 0 Å². The molecule has 1 amide bonds. The molecular weight excluding hydrogens is 371 g/mol. The van der Waals surface area contributed by atoms with Crippen molar-refractivity contribution in [2.24, 2.45) is 5.41 Å². The number of fused-ring (bicyclic) bond motifs is 1. The second-order valence-corrected chi connectivity index (χ2v) is 7.31. The van der Waals surface area contributed by atoms with Gasteiger partial charge in [-0.1, -0.05) is 23.2 Å². The number of ether oxygens (including phenoxy) is 1. The van der Waals surface area contributed by atoms with Crippen LogP contribution in [0.5, 0.6) is 0 Å². The first-order valence-corrected chi connectivity index (χ1v) is 8.77. The average molecular weight is 394 g/mol. The molecule has 0 unspecified atom stereocenters. The zero-order valence-electron chi connectivity index (χ0n) is 13.7. The number of hydrogen-bond acceptors (Lipinski definition) is 3. The molecule has 2 aliphatic heterocycles. The number of carbonyl (C=O) groups is 1. The summed E-state index contributed by atoms with van der Waals surface area (Å²) in [6, 6.07) is 3.71. The molecule has 0 aromatic heterocycles. The van der Waals surface area contributed by atoms with Crippen LogP contribution in [0.2, 0.25) is 10.0 Å². The van der Waals surface area contributed by atoms with Crippen molar-refractivity contribution in [3.63, 3.8) is 0 Å². The van der Waals surface area contributed by atoms with Gasteiger partial charge in [-0.15, -0.1) is 12.4 Å². The number of methoxy groups -OCH3 is 1. The lowest BCUT2D eigenvalue weighted by atomic mass is 9.77. The third-order valence-electron chi connectivity index (χ3n) is 4.97. The van der Waals surface area contributed by atoms with Crippen molar-refractivity contribution in [2.75, 3.05) is 33.4 Å². The highest BCUT2D eigenvalue weighted by atomic mass is 35.5. The summed E-state index contributed by atoms with van der Waals surface area (Å²) in [5, 5.41) is 4.63. The Morgan fingerprint density at radius 1 is 1.33 bits per heavy atom. The molecule has 1 saturated heterocycles. The molecule has 1 aromatic carbocycles. The van der Waals surface area contributed by atoms with Gasteiger partial charge in [-0.3, -0.25) is 4.79 Å². The SMILES string of the molecule is COCC1(C(=O)N2CCc3cc(Cl)cc(Cl)c3C2)CCNCC1.Cl. The minimum Gasteiger partial charge on any atom is -0.384 e. The second-order valence-electron chi connectivity index (χ2n) is 6.47. The van der Waals surface area contributed by atoms with Crippen LogP contribution in [0.3, 0.4) is 0 Å². The zero-order valence-corrected chi connectivity index (χ0v) is 16.1. The van der Waals surface area contributed by atoms with Gasteiger partial charge in [0.25, 0.3) is 0 Å². The number of hydrogen-bond donors (Lipinski definition) is 1. The summed E-state index contributed by atoms with van der Waals surface area (Å²) in [4.78, 5) is 15.1. The summed E-state index contributed by atoms with van der Waals surface area (Å²) in [5.41, 5.74) is 1.77. The molecule has 0 aliphatic carbocycles. The lowest BCUT2D eigenvalue weighted by molar-refractivity contribution is -0.148. The van der Waals surface area contributed by atoms with Crippen molar-refractivity contribution < 1.29 is 9.53 Å². The molecule has 24 heavy (non-hydrogen) atoms. The number of halogens is 3. The summed E-state index contributed by atoms with van der Waals surface area (Å²) >= 11 is 12.4. The predicted octanol–water partition coefficient (Wildman–Crippen LogP) is 3.32. The van der Waals surface area contributed by atoms with Crippen molar-refractivity contribution in [3.05, 3.63) is 33.3 Å². The molecule has 0 atom stereocenters. The van der Waals surface area contributed by atoms with E-state index in [-0.39, 0.29) is 18.3 Å². The molecule has 1 N–H and O–H groups in total. The first kappa shape index (κ1) is 19.8. The van der Waals surface area contributed by atoms with Crippen molar-refractivity contribution in [2.45, 2.75) is 25.8 Å². The number of piperidine rings is 1. The number of benzene rings is 1. The van der Waals surface area contributed by atoms with Gasteiger partial charge in [0.15, 0.2) is 0 Å². The first-order valence-electron chi connectivity index (χ1n) is 8.01. The summed E-state index contributed by atoms with van der Waals surface area (Å²) in [6.45, 7) is 3.46. The lowest BCUT2D eigenvalue weighted by Gasteiger charge is -2.41. The summed E-state index contributed by atoms with van der Waals surface area (Å²) in [7, 11) is 1.67. The Morgan fingerprint density at radius 3 is 2.71 bits per heavy atom. The number of nitrogens with one attached hydrogen (secondary N) is 1. The van der Waals surface area contributed by atoms with Crippen molar-refractivity contribution in [3.8, 4) is 0 Å². The van der Waals surface area contributed by atoms with E-state index in [1.807, 2.05) is 11.0 Å². The van der Waals surface area contributed by atoms with Gasteiger partial charge >= 0.3 is 0 Å². The minimum absolute atomic E-state index is 0. The molecule has 1 fully saturated rings. The quantitative estimate of drug-likeness (QED) is 0.856. The van der Waals surface area contributed by atoms with Crippen molar-refractivity contribution >= 4 is 41.5 Å². The zero-order chi connectivity index (χ0) is 16.4. The first-order chi connectivity index (χ1) is 11.1. The highest BCUT2D eigenvalue weighted by Gasteiger charge is 2.43. The Labute approximate surface area is 159 Å². The molecule has 2 aliphatic rings. The fourth-order valence-electron chi connectivity index (χ4n) is 3.69. The largest absolute Gasteiger partial charge is 0.384 e. The molecule has 134 valence electrons. The topological polar surface area (TPSA) is 41.6 Å². The fraction of sp³-hybridized carbons (Fsp3) is 0.588. The Balaban J connectivity index is 0.00000208. The van der Waals surface area contributed by atoms with Crippen LogP contribution in [0.4, 0.5) is 0 Å². The van der Waals surface area contributed by atoms with Gasteiger partial charge in [0.2, 0.25) is 5.91 Å². The smallest absolute Gasteiger partial charge is 0.231 e. The summed E-state index contributed by atoms with van der Waals surface area (Å²) < 4.78 is 5.39. The van der Waals surface area contributed by atoms with Crippen molar-refractivity contribution in [1.82, 2.24) is 10.2 Å². The van der Waals surface area contributed by atoms with Crippen LogP contribution in [-0.4, -0.2) is 44.2 Å². The van der Waals surface area contributed by atoms with E-state index < -0.39 is 5.41 Å². The van der Waals surface area contributed by atoms with Crippen LogP contribution in [0.15, 0.2) is 12.1 Å². The molecule has 0 spiro atoms. The van der Waals surface area contributed by atoms with E-state index in [0.717, 1.165) is 43.5 Å². The van der Waals surface area contributed by atoms with Crippen LogP contribution in [0.1, 0.15) is 24.0 Å². The fourth-order valence-corrected chi connectivity index (χ4v) is 4.29. The Hall–Kier alpha value is -0.520. The molecule has 0 saturated carbocycles. The third-order valence-corrected chi connectivity index (χ3v) is 5.53. The Kier molecular flexibility index (Phi) is 6.80. The number of nitrogens with zero attached hydrogens (tertiary/aromatic N) is 1. The van der Waals surface area contributed by atoms with Gasteiger partial charge < -0.3 is 15.0 Å². The van der Waals surface area contributed by atoms with Gasteiger partial charge in [-0.25, -0.2) is 0 Å². The molecule has 7 heteroatoms. The molecule has 1 aromatic rings. The van der Waals surface area contributed by atoms with E-state index in [9.17, 15) is 4.79 Å². The number of carbonyl (C=O) groups excluding carboxylic acids is 1. The molecule has 0 bridgehead atoms. The van der Waals surface area contributed by atoms with Crippen LogP contribution in [0.25, 0.3) is 0 Å². The molecule has 3 rings (SSSR count). The van der Waals surface area contributed by atoms with E-state index in [1.54, 1.807) is 13.2 Å². The van der Waals surface area contributed by atoms with Crippen LogP contribution < -0.4 is 5.32 Å². The summed E-state index contributed by atoms with van der Waals surface area (Å²) in [6.07, 6.45) is 2.43. The van der Waals surface area contributed by atoms with Crippen LogP contribution >= 0.6 is 35.6 Å². The van der Waals surface area contributed by atoms with Gasteiger partial charge in [-0.2, -0.15) is 0 Å². The normalized spacial score (nSPS) is 19.4. The maximum Gasteiger partial charge on any atom is 0.231 e. The molecule has 4 nitrogen and oxygen atoms in total. The Bertz CT molecular complexity index is 598. The van der Waals surface area contributed by atoms with Crippen LogP contribution in [-0.2, 0) is 22.5 Å². The maximum atomic E-state index is 13.2. The highest BCUT2D eigenvalue weighted by Crippen LogP contribution is 2.35. The highest BCUT2D eigenvalue weighted by molar-refractivity contribution is 6.35. The Morgan fingerprint density at radius 2 is 2.04 bits per heavy atom. The summed E-state index contributed by atoms with van der Waals surface area (Å²) in [5.74, 6) is 0.192. The van der Waals surface area contributed by atoms with Gasteiger partial charge in [0.1, 0.15) is 0 Å². The van der Waals surface area contributed by atoms with E-state index in [2.05, 4.69) is 5.32 Å². The van der Waals surface area contributed by atoms with Crippen LogP contribution in [0, 0.1) is 5.41 Å². The van der Waals surface area contributed by atoms with E-state index in [4.69, 9.17) is 27.9 Å². The lowest BCUT2D eigenvalue weighted by Crippen LogP contribution is -2.52. The predicted molar refractivity (Wildman–Crippen MR) is 99.2 cm³/mol. The molecule has 2 heterocycles. The van der Waals surface area contributed by atoms with E-state index >= 15 is 0 Å². The van der Waals surface area contributed by atoms with E-state index in [1.165, 1.54) is 0 Å². The molecular formula is C17H23Cl3N2O2.